The zero-order valence-electron chi connectivity index (χ0n) is 9.11. The first-order valence-electron chi connectivity index (χ1n) is 5.18. The number of carbonyl (C=O) groups is 1. The minimum absolute atomic E-state index is 0.375. The highest BCUT2D eigenvalue weighted by Crippen LogP contribution is 2.07. The van der Waals surface area contributed by atoms with Gasteiger partial charge in [-0.1, -0.05) is 24.3 Å². The molecule has 2 aromatic heterocycles. The predicted molar refractivity (Wildman–Crippen MR) is 65.8 cm³/mol. The fourth-order valence-electron chi connectivity index (χ4n) is 1.37. The molecule has 0 bridgehead atoms. The maximum atomic E-state index is 9.77. The third-order valence-corrected chi connectivity index (χ3v) is 2.17. The lowest BCUT2D eigenvalue weighted by molar-refractivity contribution is 0.110. The summed E-state index contributed by atoms with van der Waals surface area (Å²) in [7, 11) is 0. The SMILES string of the molecule is O=Cc1ccco1.c1ccc2ncccc2c1. The van der Waals surface area contributed by atoms with Gasteiger partial charge in [0.25, 0.3) is 0 Å². The molecule has 0 unspecified atom stereocenters. The smallest absolute Gasteiger partial charge is 0.185 e. The Morgan fingerprint density at radius 3 is 2.47 bits per heavy atom. The largest absolute Gasteiger partial charge is 0.462 e. The van der Waals surface area contributed by atoms with Gasteiger partial charge in [0.15, 0.2) is 12.0 Å². The lowest BCUT2D eigenvalue weighted by Crippen LogP contribution is -1.73. The second kappa shape index (κ2) is 5.61. The maximum absolute atomic E-state index is 9.77. The molecule has 0 amide bonds. The summed E-state index contributed by atoms with van der Waals surface area (Å²) in [5.41, 5.74) is 1.06. The van der Waals surface area contributed by atoms with Gasteiger partial charge in [0.1, 0.15) is 0 Å². The van der Waals surface area contributed by atoms with Crippen molar-refractivity contribution in [2.45, 2.75) is 0 Å². The Balaban J connectivity index is 0.000000136. The fourth-order valence-corrected chi connectivity index (χ4v) is 1.37. The van der Waals surface area contributed by atoms with Crippen molar-refractivity contribution in [1.29, 1.82) is 0 Å². The highest BCUT2D eigenvalue weighted by atomic mass is 16.3. The summed E-state index contributed by atoms with van der Waals surface area (Å²) in [6.45, 7) is 0. The van der Waals surface area contributed by atoms with Gasteiger partial charge in [-0.2, -0.15) is 0 Å². The molecule has 84 valence electrons. The van der Waals surface area contributed by atoms with Crippen LogP contribution in [0.1, 0.15) is 10.6 Å². The van der Waals surface area contributed by atoms with E-state index in [2.05, 4.69) is 21.5 Å². The van der Waals surface area contributed by atoms with Crippen LogP contribution in [0, 0.1) is 0 Å². The summed E-state index contributed by atoms with van der Waals surface area (Å²) in [6, 6.07) is 15.4. The summed E-state index contributed by atoms with van der Waals surface area (Å²) in [6.07, 6.45) is 3.94. The number of hydrogen-bond donors (Lipinski definition) is 0. The first-order chi connectivity index (χ1) is 8.40. The molecule has 0 radical (unpaired) electrons. The minimum atomic E-state index is 0.375. The van der Waals surface area contributed by atoms with E-state index in [4.69, 9.17) is 0 Å². The third-order valence-electron chi connectivity index (χ3n) is 2.17. The molecule has 0 spiro atoms. The minimum Gasteiger partial charge on any atom is -0.462 e. The van der Waals surface area contributed by atoms with E-state index in [9.17, 15) is 4.79 Å². The quantitative estimate of drug-likeness (QED) is 0.596. The van der Waals surface area contributed by atoms with Crippen LogP contribution in [0.5, 0.6) is 0 Å². The van der Waals surface area contributed by atoms with Gasteiger partial charge in [-0.05, 0) is 24.3 Å². The van der Waals surface area contributed by atoms with E-state index in [0.29, 0.717) is 12.0 Å². The van der Waals surface area contributed by atoms with Gasteiger partial charge in [-0.3, -0.25) is 9.78 Å². The van der Waals surface area contributed by atoms with E-state index < -0.39 is 0 Å². The van der Waals surface area contributed by atoms with E-state index in [1.165, 1.54) is 11.6 Å². The Bertz CT molecular complexity index is 522. The number of pyridine rings is 1. The number of aldehydes is 1. The van der Waals surface area contributed by atoms with Crippen LogP contribution in [0.3, 0.4) is 0 Å². The third kappa shape index (κ3) is 3.01. The van der Waals surface area contributed by atoms with Gasteiger partial charge >= 0.3 is 0 Å². The number of rotatable bonds is 1. The van der Waals surface area contributed by atoms with E-state index in [0.717, 1.165) is 5.52 Å². The molecule has 2 heterocycles. The number of benzene rings is 1. The van der Waals surface area contributed by atoms with Crippen LogP contribution >= 0.6 is 0 Å². The van der Waals surface area contributed by atoms with E-state index in [-0.39, 0.29) is 0 Å². The van der Waals surface area contributed by atoms with Gasteiger partial charge in [0.2, 0.25) is 0 Å². The molecular formula is C14H11NO2. The zero-order valence-corrected chi connectivity index (χ0v) is 9.11. The molecule has 0 fully saturated rings. The second-order valence-corrected chi connectivity index (χ2v) is 3.33. The van der Waals surface area contributed by atoms with E-state index in [1.807, 2.05) is 30.5 Å². The molecular weight excluding hydrogens is 214 g/mol. The summed E-state index contributed by atoms with van der Waals surface area (Å²) < 4.78 is 4.61. The van der Waals surface area contributed by atoms with Crippen LogP contribution in [-0.2, 0) is 0 Å². The van der Waals surface area contributed by atoms with Crippen molar-refractivity contribution < 1.29 is 9.21 Å². The molecule has 0 aliphatic carbocycles. The molecule has 17 heavy (non-hydrogen) atoms. The molecule has 0 N–H and O–H groups in total. The van der Waals surface area contributed by atoms with Crippen LogP contribution in [0.2, 0.25) is 0 Å². The highest BCUT2D eigenvalue weighted by Gasteiger charge is 1.86. The van der Waals surface area contributed by atoms with Crippen LogP contribution < -0.4 is 0 Å². The fraction of sp³-hybridized carbons (Fsp3) is 0. The molecule has 0 atom stereocenters. The maximum Gasteiger partial charge on any atom is 0.185 e. The average Bonchev–Trinajstić information content (AvgIpc) is 2.93. The molecule has 1 aromatic carbocycles. The monoisotopic (exact) mass is 225 g/mol. The molecule has 3 rings (SSSR count). The van der Waals surface area contributed by atoms with Crippen molar-refractivity contribution in [3.05, 3.63) is 66.8 Å². The molecule has 0 saturated carbocycles. The highest BCUT2D eigenvalue weighted by molar-refractivity contribution is 5.77. The number of hydrogen-bond acceptors (Lipinski definition) is 3. The number of fused-ring (bicyclic) bond motifs is 1. The first kappa shape index (κ1) is 11.1. The van der Waals surface area contributed by atoms with Crippen LogP contribution in [-0.4, -0.2) is 11.3 Å². The van der Waals surface area contributed by atoms with Gasteiger partial charge in [-0.15, -0.1) is 0 Å². The van der Waals surface area contributed by atoms with Crippen LogP contribution in [0.4, 0.5) is 0 Å². The Morgan fingerprint density at radius 2 is 1.82 bits per heavy atom. The number of carbonyl (C=O) groups excluding carboxylic acids is 1. The lowest BCUT2D eigenvalue weighted by Gasteiger charge is -1.91. The molecule has 3 aromatic rings. The number of aromatic nitrogens is 1. The number of furan rings is 1. The standard InChI is InChI=1S/C9H7N.C5H4O2/c1-2-6-9-8(4-1)5-3-7-10-9;6-4-5-2-1-3-7-5/h1-7H;1-4H. The first-order valence-corrected chi connectivity index (χ1v) is 5.18. The summed E-state index contributed by atoms with van der Waals surface area (Å²) in [4.78, 5) is 14.0. The lowest BCUT2D eigenvalue weighted by atomic mass is 10.2. The van der Waals surface area contributed by atoms with E-state index in [1.54, 1.807) is 12.1 Å². The van der Waals surface area contributed by atoms with Gasteiger partial charge in [0, 0.05) is 11.6 Å². The number of nitrogens with zero attached hydrogens (tertiary/aromatic N) is 1. The number of para-hydroxylation sites is 1. The Morgan fingerprint density at radius 1 is 1.00 bits per heavy atom. The molecule has 0 aliphatic heterocycles. The Hall–Kier alpha value is -2.42. The van der Waals surface area contributed by atoms with Crippen molar-refractivity contribution in [2.75, 3.05) is 0 Å². The summed E-state index contributed by atoms with van der Waals surface area (Å²) >= 11 is 0. The van der Waals surface area contributed by atoms with Crippen molar-refractivity contribution in [3.8, 4) is 0 Å². The van der Waals surface area contributed by atoms with Crippen molar-refractivity contribution in [3.63, 3.8) is 0 Å². The average molecular weight is 225 g/mol. The van der Waals surface area contributed by atoms with E-state index >= 15 is 0 Å². The van der Waals surface area contributed by atoms with Gasteiger partial charge < -0.3 is 4.42 Å². The van der Waals surface area contributed by atoms with Gasteiger partial charge in [0.05, 0.1) is 11.8 Å². The molecule has 3 nitrogen and oxygen atoms in total. The molecule has 3 heteroatoms. The topological polar surface area (TPSA) is 43.1 Å². The van der Waals surface area contributed by atoms with Crippen molar-refractivity contribution in [1.82, 2.24) is 4.98 Å². The summed E-state index contributed by atoms with van der Waals surface area (Å²) in [5.74, 6) is 0.375. The van der Waals surface area contributed by atoms with Crippen molar-refractivity contribution >= 4 is 17.2 Å². The zero-order chi connectivity index (χ0) is 11.9. The molecule has 0 saturated heterocycles. The van der Waals surface area contributed by atoms with Gasteiger partial charge in [-0.25, -0.2) is 0 Å². The van der Waals surface area contributed by atoms with Crippen LogP contribution in [0.15, 0.2) is 65.4 Å². The predicted octanol–water partition coefficient (Wildman–Crippen LogP) is 3.33. The molecule has 0 aliphatic rings. The normalized spacial score (nSPS) is 9.41. The Labute approximate surface area is 98.7 Å². The summed E-state index contributed by atoms with van der Waals surface area (Å²) in [5, 5.41) is 1.20. The van der Waals surface area contributed by atoms with Crippen molar-refractivity contribution in [2.24, 2.45) is 0 Å². The second-order valence-electron chi connectivity index (χ2n) is 3.33. The Kier molecular flexibility index (Phi) is 3.65. The van der Waals surface area contributed by atoms with Crippen LogP contribution in [0.25, 0.3) is 10.9 Å².